The maximum atomic E-state index is 13.3. The summed E-state index contributed by atoms with van der Waals surface area (Å²) in [6, 6.07) is 18.9. The third kappa shape index (κ3) is 13.1. The van der Waals surface area contributed by atoms with Crippen molar-refractivity contribution in [1.29, 1.82) is 0 Å². The zero-order valence-corrected chi connectivity index (χ0v) is 46.3. The number of aromatic nitrogens is 4. The second-order valence-electron chi connectivity index (χ2n) is 20.1. The van der Waals surface area contributed by atoms with Crippen molar-refractivity contribution in [2.24, 2.45) is 29.4 Å². The minimum atomic E-state index is -0.577. The van der Waals surface area contributed by atoms with Crippen molar-refractivity contribution < 1.29 is 9.59 Å². The first-order valence-corrected chi connectivity index (χ1v) is 29.2. The maximum absolute atomic E-state index is 13.3. The van der Waals surface area contributed by atoms with E-state index >= 15 is 0 Å². The molecular formula is C58H63Cl4N7O2S2. The molecule has 0 radical (unpaired) electrons. The molecule has 2 aromatic carbocycles. The third-order valence-electron chi connectivity index (χ3n) is 15.0. The van der Waals surface area contributed by atoms with E-state index in [2.05, 4.69) is 51.5 Å². The van der Waals surface area contributed by atoms with Crippen molar-refractivity contribution in [2.75, 3.05) is 13.1 Å². The summed E-state index contributed by atoms with van der Waals surface area (Å²) in [6.07, 6.45) is 21.3. The number of nitrogens with one attached hydrogen (secondary N) is 2. The van der Waals surface area contributed by atoms with Crippen molar-refractivity contribution in [2.45, 2.75) is 129 Å². The molecule has 0 spiro atoms. The molecule has 5 aliphatic rings. The molecule has 2 unspecified atom stereocenters. The van der Waals surface area contributed by atoms with E-state index in [0.29, 0.717) is 54.6 Å². The number of benzene rings is 2. The van der Waals surface area contributed by atoms with E-state index in [-0.39, 0.29) is 17.6 Å². The molecule has 1 saturated heterocycles. The van der Waals surface area contributed by atoms with Crippen LogP contribution in [0.15, 0.2) is 60.7 Å². The first-order chi connectivity index (χ1) is 35.4. The van der Waals surface area contributed by atoms with Gasteiger partial charge in [-0.1, -0.05) is 128 Å². The lowest BCUT2D eigenvalue weighted by molar-refractivity contribution is 0.0920. The average molecular weight is 1100 g/mol. The van der Waals surface area contributed by atoms with Gasteiger partial charge in [-0.15, -0.1) is 22.7 Å². The summed E-state index contributed by atoms with van der Waals surface area (Å²) in [7, 11) is 0. The van der Waals surface area contributed by atoms with Crippen molar-refractivity contribution >= 4 is 80.9 Å². The molecule has 6 aromatic rings. The standard InChI is InChI=1S/C28H29Cl2N3OS.C23H21Cl2N3OS.C7H13N/c1-18-26(28(34)31-21-9-3-2-4-10-21)32-33(24-15-12-20(29)17-23(24)30)27(18)25-16-14-22(35-25)13-11-19-7-5-6-8-19;1-14-21(23(26)29)27-28(19-11-8-16(24)13-18(19)25)22(14)20-12-10-17(30-20)9-7-15-5-3-2-4-6-15;1-2-6-4-8-5-7(6)3-1/h12,14-17,19,21H,2-10H2,1H3,(H,31,34);8,10-13,15H,2-6H2,1H3,(H2,26,29);6-8H,1-5H2. The summed E-state index contributed by atoms with van der Waals surface area (Å²) in [5, 5.41) is 17.9. The molecule has 9 nitrogen and oxygen atoms in total. The van der Waals surface area contributed by atoms with E-state index in [9.17, 15) is 9.59 Å². The van der Waals surface area contributed by atoms with Gasteiger partial charge in [0.05, 0.1) is 52.3 Å². The number of nitrogens with zero attached hydrogens (tertiary/aromatic N) is 4. The number of halogens is 4. The highest BCUT2D eigenvalue weighted by Gasteiger charge is 2.31. The second kappa shape index (κ2) is 24.9. The number of primary amides is 1. The van der Waals surface area contributed by atoms with Gasteiger partial charge in [-0.25, -0.2) is 9.36 Å². The Balaban J connectivity index is 0.000000157. The van der Waals surface area contributed by atoms with Crippen LogP contribution in [-0.2, 0) is 0 Å². The average Bonchev–Trinajstić information content (AvgIpc) is 4.25. The van der Waals surface area contributed by atoms with Gasteiger partial charge in [0, 0.05) is 39.0 Å². The summed E-state index contributed by atoms with van der Waals surface area (Å²) >= 11 is 28.4. The van der Waals surface area contributed by atoms with Gasteiger partial charge < -0.3 is 16.4 Å². The SMILES string of the molecule is C1CC2CNCC2C1.Cc1c(C(=O)NC2CCCCC2)nn(-c2ccc(Cl)cc2Cl)c1-c1ccc(C#CC2CCCC2)s1.Cc1c(C(N)=O)nn(-c2ccc(Cl)cc2Cl)c1-c1ccc(C#CC2CCCCC2)s1. The molecule has 15 heteroatoms. The second-order valence-corrected chi connectivity index (χ2v) is 24.0. The van der Waals surface area contributed by atoms with E-state index < -0.39 is 5.91 Å². The van der Waals surface area contributed by atoms with Crippen LogP contribution in [-0.4, -0.2) is 50.5 Å². The van der Waals surface area contributed by atoms with Crippen LogP contribution >= 0.6 is 69.1 Å². The van der Waals surface area contributed by atoms with Crippen molar-refractivity contribution in [3.8, 4) is 56.2 Å². The Morgan fingerprint density at radius 1 is 0.603 bits per heavy atom. The number of nitrogens with two attached hydrogens (primary N) is 1. The van der Waals surface area contributed by atoms with Crippen molar-refractivity contribution in [1.82, 2.24) is 30.2 Å². The number of hydrogen-bond acceptors (Lipinski definition) is 7. The Morgan fingerprint density at radius 3 is 1.53 bits per heavy atom. The van der Waals surface area contributed by atoms with Crippen molar-refractivity contribution in [3.05, 3.63) is 113 Å². The zero-order chi connectivity index (χ0) is 51.0. The molecule has 4 saturated carbocycles. The van der Waals surface area contributed by atoms with Gasteiger partial charge in [-0.05, 0) is 151 Å². The fourth-order valence-electron chi connectivity index (χ4n) is 11.0. The highest BCUT2D eigenvalue weighted by molar-refractivity contribution is 7.16. The summed E-state index contributed by atoms with van der Waals surface area (Å²) in [5.74, 6) is 16.0. The number of carbonyl (C=O) groups is 2. The van der Waals surface area contributed by atoms with Gasteiger partial charge in [0.2, 0.25) is 0 Å². The quantitative estimate of drug-likeness (QED) is 0.138. The van der Waals surface area contributed by atoms with Crippen molar-refractivity contribution in [3.63, 3.8) is 0 Å². The Labute approximate surface area is 458 Å². The van der Waals surface area contributed by atoms with E-state index in [1.165, 1.54) is 96.6 Å². The summed E-state index contributed by atoms with van der Waals surface area (Å²) in [5.41, 5.74) is 10.7. The van der Waals surface area contributed by atoms with Gasteiger partial charge >= 0.3 is 0 Å². The molecular weight excluding hydrogens is 1030 g/mol. The molecule has 382 valence electrons. The van der Waals surface area contributed by atoms with Gasteiger partial charge in [-0.2, -0.15) is 10.2 Å². The van der Waals surface area contributed by atoms with E-state index in [1.54, 1.807) is 62.4 Å². The van der Waals surface area contributed by atoms with Crippen LogP contribution in [0, 0.1) is 61.2 Å². The Kier molecular flexibility index (Phi) is 18.1. The molecule has 4 N–H and O–H groups in total. The molecule has 2 atom stereocenters. The van der Waals surface area contributed by atoms with Crippen LogP contribution in [0.4, 0.5) is 0 Å². The molecule has 73 heavy (non-hydrogen) atoms. The van der Waals surface area contributed by atoms with Crippen LogP contribution in [0.2, 0.25) is 20.1 Å². The van der Waals surface area contributed by atoms with Gasteiger partial charge in [0.15, 0.2) is 11.4 Å². The van der Waals surface area contributed by atoms with E-state index in [1.807, 2.05) is 32.0 Å². The number of fused-ring (bicyclic) bond motifs is 1. The highest BCUT2D eigenvalue weighted by atomic mass is 35.5. The Morgan fingerprint density at radius 2 is 1.05 bits per heavy atom. The number of rotatable bonds is 7. The largest absolute Gasteiger partial charge is 0.364 e. The lowest BCUT2D eigenvalue weighted by Crippen LogP contribution is -2.36. The minimum Gasteiger partial charge on any atom is -0.364 e. The van der Waals surface area contributed by atoms with Gasteiger partial charge in [-0.3, -0.25) is 9.59 Å². The molecule has 1 aliphatic heterocycles. The lowest BCUT2D eigenvalue weighted by Gasteiger charge is -2.22. The number of carbonyl (C=O) groups excluding carboxylic acids is 2. The fraction of sp³-hybridized carbons (Fsp3) is 0.448. The zero-order valence-electron chi connectivity index (χ0n) is 41.6. The molecule has 11 rings (SSSR count). The third-order valence-corrected chi connectivity index (χ3v) is 18.1. The fourth-order valence-corrected chi connectivity index (χ4v) is 13.9. The molecule has 4 aliphatic carbocycles. The first kappa shape index (κ1) is 53.3. The number of hydrogen-bond donors (Lipinski definition) is 3. The summed E-state index contributed by atoms with van der Waals surface area (Å²) in [6.45, 7) is 6.42. The predicted molar refractivity (Wildman–Crippen MR) is 302 cm³/mol. The highest BCUT2D eigenvalue weighted by Crippen LogP contribution is 2.39. The van der Waals surface area contributed by atoms with E-state index in [0.717, 1.165) is 74.0 Å². The summed E-state index contributed by atoms with van der Waals surface area (Å²) in [4.78, 5) is 29.2. The smallest absolute Gasteiger partial charge is 0.272 e. The molecule has 2 amide bonds. The normalized spacial score (nSPS) is 18.9. The topological polar surface area (TPSA) is 120 Å². The summed E-state index contributed by atoms with van der Waals surface area (Å²) < 4.78 is 3.45. The van der Waals surface area contributed by atoms with Crippen LogP contribution in [0.3, 0.4) is 0 Å². The van der Waals surface area contributed by atoms with Crippen LogP contribution < -0.4 is 16.4 Å². The van der Waals surface area contributed by atoms with E-state index in [4.69, 9.17) is 57.2 Å². The molecule has 5 fully saturated rings. The molecule has 4 aromatic heterocycles. The van der Waals surface area contributed by atoms with Gasteiger partial charge in [0.25, 0.3) is 11.8 Å². The minimum absolute atomic E-state index is 0.128. The van der Waals surface area contributed by atoms with Crippen LogP contribution in [0.1, 0.15) is 151 Å². The predicted octanol–water partition coefficient (Wildman–Crippen LogP) is 15.1. The molecule has 0 bridgehead atoms. The van der Waals surface area contributed by atoms with Gasteiger partial charge in [0.1, 0.15) is 0 Å². The van der Waals surface area contributed by atoms with Crippen LogP contribution in [0.25, 0.3) is 32.5 Å². The van der Waals surface area contributed by atoms with Crippen LogP contribution in [0.5, 0.6) is 0 Å². The maximum Gasteiger partial charge on any atom is 0.272 e. The molecule has 5 heterocycles. The Bertz CT molecular complexity index is 3040. The first-order valence-electron chi connectivity index (χ1n) is 26.0. The Hall–Kier alpha value is -4.56. The lowest BCUT2D eigenvalue weighted by atomic mass is 9.90. The monoisotopic (exact) mass is 1090 g/mol. The number of amides is 2. The number of thiophene rings is 2.